The quantitative estimate of drug-likeness (QED) is 0.715. The van der Waals surface area contributed by atoms with Crippen LogP contribution in [0.15, 0.2) is 18.2 Å². The van der Waals surface area contributed by atoms with Gasteiger partial charge in [-0.3, -0.25) is 4.79 Å². The maximum absolute atomic E-state index is 11.9. The van der Waals surface area contributed by atoms with Crippen LogP contribution in [0.4, 0.5) is 11.4 Å². The fraction of sp³-hybridized carbons (Fsp3) is 0.533. The molecule has 0 radical (unpaired) electrons. The van der Waals surface area contributed by atoms with Gasteiger partial charge >= 0.3 is 0 Å². The highest BCUT2D eigenvalue weighted by atomic mass is 16.2. The summed E-state index contributed by atoms with van der Waals surface area (Å²) in [5, 5.41) is 0. The van der Waals surface area contributed by atoms with Crippen LogP contribution in [0.25, 0.3) is 0 Å². The van der Waals surface area contributed by atoms with Gasteiger partial charge in [0.05, 0.1) is 5.41 Å². The van der Waals surface area contributed by atoms with Gasteiger partial charge in [0.25, 0.3) is 0 Å². The fourth-order valence-corrected chi connectivity index (χ4v) is 2.00. The zero-order chi connectivity index (χ0) is 14.5. The summed E-state index contributed by atoms with van der Waals surface area (Å²) in [6.45, 7) is 11.9. The number of nitrogens with two attached hydrogens (primary N) is 1. The molecule has 2 rings (SSSR count). The molecule has 0 spiro atoms. The molecule has 102 valence electrons. The van der Waals surface area contributed by atoms with Gasteiger partial charge in [-0.25, -0.2) is 0 Å². The number of hydrogen-bond donors (Lipinski definition) is 1. The Labute approximate surface area is 111 Å². The van der Waals surface area contributed by atoms with Crippen LogP contribution in [0.2, 0.25) is 0 Å². The highest BCUT2D eigenvalue weighted by molar-refractivity contribution is 6.07. The topological polar surface area (TPSA) is 46.3 Å². The van der Waals surface area contributed by atoms with Gasteiger partial charge in [0, 0.05) is 18.4 Å². The molecular formula is C15H26N2O. The summed E-state index contributed by atoms with van der Waals surface area (Å²) in [6, 6.07) is 5.63. The molecule has 0 bridgehead atoms. The van der Waals surface area contributed by atoms with Gasteiger partial charge in [0.15, 0.2) is 0 Å². The van der Waals surface area contributed by atoms with Gasteiger partial charge in [-0.15, -0.1) is 0 Å². The molecular weight excluding hydrogens is 224 g/mol. The predicted octanol–water partition coefficient (Wildman–Crippen LogP) is 3.58. The van der Waals surface area contributed by atoms with Crippen LogP contribution in [-0.2, 0) is 10.2 Å². The van der Waals surface area contributed by atoms with Crippen molar-refractivity contribution in [1.82, 2.24) is 0 Å². The average Bonchev–Trinajstić information content (AvgIpc) is 2.56. The highest BCUT2D eigenvalue weighted by Crippen LogP contribution is 2.41. The van der Waals surface area contributed by atoms with E-state index in [0.29, 0.717) is 5.69 Å². The van der Waals surface area contributed by atoms with Crippen LogP contribution in [0.3, 0.4) is 0 Å². The molecule has 0 saturated heterocycles. The molecule has 1 aliphatic rings. The van der Waals surface area contributed by atoms with Crippen molar-refractivity contribution in [2.45, 2.75) is 47.0 Å². The van der Waals surface area contributed by atoms with Crippen molar-refractivity contribution >= 4 is 17.3 Å². The first-order valence-corrected chi connectivity index (χ1v) is 6.63. The van der Waals surface area contributed by atoms with Crippen LogP contribution >= 0.6 is 0 Å². The Morgan fingerprint density at radius 3 is 2.11 bits per heavy atom. The predicted molar refractivity (Wildman–Crippen MR) is 80.0 cm³/mol. The SMILES string of the molecule is CC.CC.CN1C(=O)C(C)(C)c2ccc(N)cc21. The molecule has 1 aliphatic heterocycles. The number of carbonyl (C=O) groups excluding carboxylic acids is 1. The third kappa shape index (κ3) is 2.66. The lowest BCUT2D eigenvalue weighted by Gasteiger charge is -2.16. The largest absolute Gasteiger partial charge is 0.399 e. The molecule has 0 unspecified atom stereocenters. The van der Waals surface area contributed by atoms with E-state index in [9.17, 15) is 4.79 Å². The molecule has 0 saturated carbocycles. The fourth-order valence-electron chi connectivity index (χ4n) is 2.00. The van der Waals surface area contributed by atoms with Gasteiger partial charge in [-0.05, 0) is 31.5 Å². The number of amides is 1. The molecule has 1 heterocycles. The lowest BCUT2D eigenvalue weighted by Crippen LogP contribution is -2.33. The maximum Gasteiger partial charge on any atom is 0.236 e. The molecule has 18 heavy (non-hydrogen) atoms. The molecule has 3 nitrogen and oxygen atoms in total. The van der Waals surface area contributed by atoms with E-state index in [1.54, 1.807) is 11.9 Å². The van der Waals surface area contributed by atoms with Crippen LogP contribution < -0.4 is 10.6 Å². The smallest absolute Gasteiger partial charge is 0.236 e. The van der Waals surface area contributed by atoms with Crippen molar-refractivity contribution in [1.29, 1.82) is 0 Å². The molecule has 0 aliphatic carbocycles. The second-order valence-corrected chi connectivity index (χ2v) is 4.27. The molecule has 1 amide bonds. The van der Waals surface area contributed by atoms with Crippen molar-refractivity contribution in [2.75, 3.05) is 17.7 Å². The average molecular weight is 250 g/mol. The highest BCUT2D eigenvalue weighted by Gasteiger charge is 2.41. The molecule has 0 aromatic heterocycles. The van der Waals surface area contributed by atoms with Gasteiger partial charge in [0.1, 0.15) is 0 Å². The Balaban J connectivity index is 0.000000659. The second kappa shape index (κ2) is 6.43. The van der Waals surface area contributed by atoms with E-state index in [-0.39, 0.29) is 5.91 Å². The minimum absolute atomic E-state index is 0.123. The van der Waals surface area contributed by atoms with Crippen LogP contribution in [-0.4, -0.2) is 13.0 Å². The number of fused-ring (bicyclic) bond motifs is 1. The van der Waals surface area contributed by atoms with E-state index in [4.69, 9.17) is 5.73 Å². The lowest BCUT2D eigenvalue weighted by atomic mass is 9.86. The summed E-state index contributed by atoms with van der Waals surface area (Å²) in [5.74, 6) is 0.123. The van der Waals surface area contributed by atoms with Gasteiger partial charge in [-0.1, -0.05) is 33.8 Å². The van der Waals surface area contributed by atoms with Crippen LogP contribution in [0.1, 0.15) is 47.1 Å². The summed E-state index contributed by atoms with van der Waals surface area (Å²) < 4.78 is 0. The van der Waals surface area contributed by atoms with Gasteiger partial charge in [0.2, 0.25) is 5.91 Å². The minimum atomic E-state index is -0.419. The summed E-state index contributed by atoms with van der Waals surface area (Å²) in [5.41, 5.74) is 7.95. The van der Waals surface area contributed by atoms with Crippen LogP contribution in [0, 0.1) is 0 Å². The first-order valence-electron chi connectivity index (χ1n) is 6.63. The Kier molecular flexibility index (Phi) is 5.89. The number of nitrogen functional groups attached to an aromatic ring is 1. The zero-order valence-corrected chi connectivity index (χ0v) is 12.7. The van der Waals surface area contributed by atoms with E-state index < -0.39 is 5.41 Å². The Morgan fingerprint density at radius 1 is 1.11 bits per heavy atom. The Morgan fingerprint density at radius 2 is 1.61 bits per heavy atom. The van der Waals surface area contributed by atoms with Gasteiger partial charge < -0.3 is 10.6 Å². The number of rotatable bonds is 0. The standard InChI is InChI=1S/C11H14N2O.2C2H6/c1-11(2)8-5-4-7(12)6-9(8)13(3)10(11)14;2*1-2/h4-6H,12H2,1-3H3;2*1-2H3. The van der Waals surface area contributed by atoms with E-state index in [1.807, 2.05) is 59.7 Å². The van der Waals surface area contributed by atoms with Crippen molar-refractivity contribution in [3.8, 4) is 0 Å². The Hall–Kier alpha value is -1.51. The van der Waals surface area contributed by atoms with Gasteiger partial charge in [-0.2, -0.15) is 0 Å². The number of anilines is 2. The number of benzene rings is 1. The number of nitrogens with zero attached hydrogens (tertiary/aromatic N) is 1. The third-order valence-electron chi connectivity index (χ3n) is 2.90. The molecule has 1 aromatic rings. The van der Waals surface area contributed by atoms with Crippen molar-refractivity contribution in [2.24, 2.45) is 0 Å². The molecule has 0 fully saturated rings. The summed E-state index contributed by atoms with van der Waals surface area (Å²) in [7, 11) is 1.79. The first kappa shape index (κ1) is 16.5. The lowest BCUT2D eigenvalue weighted by molar-refractivity contribution is -0.121. The third-order valence-corrected chi connectivity index (χ3v) is 2.90. The molecule has 1 aromatic carbocycles. The van der Waals surface area contributed by atoms with Crippen molar-refractivity contribution in [3.63, 3.8) is 0 Å². The van der Waals surface area contributed by atoms with Crippen molar-refractivity contribution in [3.05, 3.63) is 23.8 Å². The summed E-state index contributed by atoms with van der Waals surface area (Å²) >= 11 is 0. The maximum atomic E-state index is 11.9. The first-order chi connectivity index (χ1) is 8.44. The van der Waals surface area contributed by atoms with E-state index in [2.05, 4.69) is 0 Å². The zero-order valence-electron chi connectivity index (χ0n) is 12.7. The number of carbonyl (C=O) groups is 1. The monoisotopic (exact) mass is 250 g/mol. The van der Waals surface area contributed by atoms with Crippen LogP contribution in [0.5, 0.6) is 0 Å². The normalized spacial score (nSPS) is 15.1. The minimum Gasteiger partial charge on any atom is -0.399 e. The van der Waals surface area contributed by atoms with E-state index in [0.717, 1.165) is 11.3 Å². The number of hydrogen-bond acceptors (Lipinski definition) is 2. The molecule has 3 heteroatoms. The van der Waals surface area contributed by atoms with E-state index >= 15 is 0 Å². The summed E-state index contributed by atoms with van der Waals surface area (Å²) in [6.07, 6.45) is 0. The summed E-state index contributed by atoms with van der Waals surface area (Å²) in [4.78, 5) is 13.6. The second-order valence-electron chi connectivity index (χ2n) is 4.27. The molecule has 2 N–H and O–H groups in total. The van der Waals surface area contributed by atoms with Crippen molar-refractivity contribution < 1.29 is 4.79 Å². The molecule has 0 atom stereocenters. The number of likely N-dealkylation sites (N-methyl/N-ethyl adjacent to an activating group) is 1. The Bertz CT molecular complexity index is 411. The van der Waals surface area contributed by atoms with E-state index in [1.165, 1.54) is 0 Å².